The zero-order chi connectivity index (χ0) is 13.6. The molecule has 18 heavy (non-hydrogen) atoms. The van der Waals surface area contributed by atoms with Crippen LogP contribution in [-0.4, -0.2) is 28.1 Å². The van der Waals surface area contributed by atoms with Crippen LogP contribution in [0.5, 0.6) is 0 Å². The number of rotatable bonds is 12. The Kier molecular flexibility index (Phi) is 11.9. The largest absolute Gasteiger partial charge is 0.494 e. The van der Waals surface area contributed by atoms with Gasteiger partial charge in [-0.05, 0) is 6.42 Å². The highest BCUT2D eigenvalue weighted by molar-refractivity contribution is 4.94. The van der Waals surface area contributed by atoms with Gasteiger partial charge in [0.25, 0.3) is 0 Å². The van der Waals surface area contributed by atoms with E-state index in [4.69, 9.17) is 18.9 Å². The molecule has 0 saturated carbocycles. The quantitative estimate of drug-likeness (QED) is 0.304. The van der Waals surface area contributed by atoms with Crippen LogP contribution in [0.25, 0.3) is 0 Å². The second kappa shape index (κ2) is 12.6. The van der Waals surface area contributed by atoms with Crippen LogP contribution < -0.4 is 0 Å². The average molecular weight is 260 g/mol. The third kappa shape index (κ3) is 8.23. The molecule has 4 heteroatoms. The highest BCUT2D eigenvalue weighted by Crippen LogP contribution is 2.17. The summed E-state index contributed by atoms with van der Waals surface area (Å²) in [6.07, 6.45) is 8.36. The summed E-state index contributed by atoms with van der Waals surface area (Å²) in [7, 11) is 4.79. The first-order valence-electron chi connectivity index (χ1n) is 6.73. The van der Waals surface area contributed by atoms with E-state index in [0.29, 0.717) is 5.95 Å². The third-order valence-electron chi connectivity index (χ3n) is 2.72. The van der Waals surface area contributed by atoms with Crippen molar-refractivity contribution in [3.8, 4) is 0 Å². The lowest BCUT2D eigenvalue weighted by molar-refractivity contribution is -0.0570. The van der Waals surface area contributed by atoms with E-state index in [-0.39, 0.29) is 6.79 Å². The molecule has 0 spiro atoms. The van der Waals surface area contributed by atoms with Gasteiger partial charge in [-0.15, -0.1) is 0 Å². The fraction of sp³-hybridized carbons (Fsp3) is 0.857. The Bertz CT molecular complexity index is 214. The van der Waals surface area contributed by atoms with Crippen LogP contribution in [0.4, 0.5) is 0 Å². The zero-order valence-corrected chi connectivity index (χ0v) is 12.3. The molecule has 0 aromatic carbocycles. The molecule has 0 unspecified atom stereocenters. The molecule has 0 amide bonds. The molecule has 0 radical (unpaired) electrons. The van der Waals surface area contributed by atoms with Gasteiger partial charge in [-0.1, -0.05) is 39.0 Å². The molecule has 0 aromatic heterocycles. The summed E-state index contributed by atoms with van der Waals surface area (Å²) in [5.74, 6) is 1.18. The molecule has 0 aliphatic heterocycles. The van der Waals surface area contributed by atoms with Gasteiger partial charge in [-0.25, -0.2) is 0 Å². The highest BCUT2D eigenvalue weighted by Gasteiger charge is 2.09. The van der Waals surface area contributed by atoms with E-state index in [2.05, 4.69) is 6.92 Å². The maximum absolute atomic E-state index is 5.30. The maximum atomic E-state index is 5.30. The molecular weight excluding hydrogens is 232 g/mol. The smallest absolute Gasteiger partial charge is 0.320 e. The van der Waals surface area contributed by atoms with Gasteiger partial charge in [-0.2, -0.15) is 0 Å². The van der Waals surface area contributed by atoms with E-state index in [1.807, 2.05) is 0 Å². The Morgan fingerprint density at radius 2 is 1.50 bits per heavy atom. The number of hydrogen-bond acceptors (Lipinski definition) is 4. The van der Waals surface area contributed by atoms with Gasteiger partial charge in [0.2, 0.25) is 0 Å². The van der Waals surface area contributed by atoms with E-state index in [9.17, 15) is 0 Å². The lowest BCUT2D eigenvalue weighted by atomic mass is 10.1. The molecule has 0 aromatic rings. The summed E-state index contributed by atoms with van der Waals surface area (Å²) < 4.78 is 20.6. The molecule has 0 aliphatic rings. The fourth-order valence-electron chi connectivity index (χ4n) is 1.72. The molecule has 0 heterocycles. The third-order valence-corrected chi connectivity index (χ3v) is 2.72. The van der Waals surface area contributed by atoms with Crippen molar-refractivity contribution >= 4 is 0 Å². The van der Waals surface area contributed by atoms with Gasteiger partial charge in [-0.3, -0.25) is 0 Å². The van der Waals surface area contributed by atoms with Gasteiger partial charge in [0.05, 0.1) is 14.2 Å². The minimum atomic E-state index is 0.173. The molecule has 0 aliphatic carbocycles. The predicted molar refractivity (Wildman–Crippen MR) is 72.0 cm³/mol. The molecule has 108 valence electrons. The molecule has 0 saturated heterocycles. The van der Waals surface area contributed by atoms with Crippen LogP contribution in [-0.2, 0) is 18.9 Å². The second-order valence-electron chi connectivity index (χ2n) is 4.19. The van der Waals surface area contributed by atoms with Crippen molar-refractivity contribution in [2.24, 2.45) is 0 Å². The molecule has 0 fully saturated rings. The summed E-state index contributed by atoms with van der Waals surface area (Å²) in [6.45, 7) is 2.40. The van der Waals surface area contributed by atoms with Crippen molar-refractivity contribution in [3.63, 3.8) is 0 Å². The van der Waals surface area contributed by atoms with Gasteiger partial charge >= 0.3 is 5.95 Å². The lowest BCUT2D eigenvalue weighted by Crippen LogP contribution is -2.04. The number of unbranched alkanes of at least 4 members (excludes halogenated alkanes) is 5. The van der Waals surface area contributed by atoms with Gasteiger partial charge in [0.15, 0.2) is 12.6 Å². The van der Waals surface area contributed by atoms with Crippen LogP contribution in [0, 0.1) is 0 Å². The SMILES string of the molecule is CCCCCCCC/C(OC)=C(\OC)OCOC. The highest BCUT2D eigenvalue weighted by atomic mass is 16.7. The Morgan fingerprint density at radius 1 is 0.833 bits per heavy atom. The summed E-state index contributed by atoms with van der Waals surface area (Å²) in [5.41, 5.74) is 0. The maximum Gasteiger partial charge on any atom is 0.320 e. The number of ether oxygens (including phenoxy) is 4. The van der Waals surface area contributed by atoms with Crippen LogP contribution in [0.1, 0.15) is 51.9 Å². The van der Waals surface area contributed by atoms with Crippen molar-refractivity contribution in [2.75, 3.05) is 28.1 Å². The Labute approximate surface area is 111 Å². The number of hydrogen-bond donors (Lipinski definition) is 0. The summed E-state index contributed by atoms with van der Waals surface area (Å²) in [4.78, 5) is 0. The first-order chi connectivity index (χ1) is 8.79. The van der Waals surface area contributed by atoms with E-state index >= 15 is 0 Å². The second-order valence-corrected chi connectivity index (χ2v) is 4.19. The van der Waals surface area contributed by atoms with E-state index in [1.165, 1.54) is 32.1 Å². The monoisotopic (exact) mass is 260 g/mol. The first-order valence-corrected chi connectivity index (χ1v) is 6.73. The van der Waals surface area contributed by atoms with Crippen molar-refractivity contribution in [2.45, 2.75) is 51.9 Å². The summed E-state index contributed by atoms with van der Waals surface area (Å²) in [5, 5.41) is 0. The Balaban J connectivity index is 3.94. The summed E-state index contributed by atoms with van der Waals surface area (Å²) in [6, 6.07) is 0. The predicted octanol–water partition coefficient (Wildman–Crippen LogP) is 3.82. The number of methoxy groups -OCH3 is 3. The Morgan fingerprint density at radius 3 is 2.06 bits per heavy atom. The van der Waals surface area contributed by atoms with E-state index in [0.717, 1.165) is 18.6 Å². The molecule has 0 atom stereocenters. The zero-order valence-electron chi connectivity index (χ0n) is 12.3. The van der Waals surface area contributed by atoms with Gasteiger partial charge in [0, 0.05) is 13.5 Å². The van der Waals surface area contributed by atoms with E-state index in [1.54, 1.807) is 21.3 Å². The van der Waals surface area contributed by atoms with Crippen LogP contribution in [0.15, 0.2) is 11.7 Å². The molecule has 4 nitrogen and oxygen atoms in total. The van der Waals surface area contributed by atoms with Crippen molar-refractivity contribution in [3.05, 3.63) is 11.7 Å². The molecule has 0 N–H and O–H groups in total. The average Bonchev–Trinajstić information content (AvgIpc) is 2.40. The molecule has 0 rings (SSSR count). The standard InChI is InChI=1S/C14H28O4/c1-5-6-7-8-9-10-11-13(16-3)14(17-4)18-12-15-2/h5-12H2,1-4H3/b14-13-. The molecule has 0 bridgehead atoms. The lowest BCUT2D eigenvalue weighted by Gasteiger charge is -2.13. The van der Waals surface area contributed by atoms with Crippen LogP contribution in [0.3, 0.4) is 0 Å². The molecular formula is C14H28O4. The fourth-order valence-corrected chi connectivity index (χ4v) is 1.72. The minimum Gasteiger partial charge on any atom is -0.494 e. The van der Waals surface area contributed by atoms with Gasteiger partial charge in [0.1, 0.15) is 0 Å². The van der Waals surface area contributed by atoms with Crippen LogP contribution in [0.2, 0.25) is 0 Å². The number of allylic oxidation sites excluding steroid dienone is 1. The van der Waals surface area contributed by atoms with E-state index < -0.39 is 0 Å². The van der Waals surface area contributed by atoms with Crippen molar-refractivity contribution in [1.82, 2.24) is 0 Å². The van der Waals surface area contributed by atoms with Gasteiger partial charge < -0.3 is 18.9 Å². The van der Waals surface area contributed by atoms with Crippen molar-refractivity contribution in [1.29, 1.82) is 0 Å². The van der Waals surface area contributed by atoms with Crippen LogP contribution >= 0.6 is 0 Å². The topological polar surface area (TPSA) is 36.9 Å². The summed E-state index contributed by atoms with van der Waals surface area (Å²) >= 11 is 0. The minimum absolute atomic E-state index is 0.173. The van der Waals surface area contributed by atoms with Crippen molar-refractivity contribution < 1.29 is 18.9 Å². The first kappa shape index (κ1) is 17.1. The Hall–Kier alpha value is -0.900. The normalized spacial score (nSPS) is 12.0.